The van der Waals surface area contributed by atoms with Crippen molar-refractivity contribution >= 4 is 11.6 Å². The Labute approximate surface area is 131 Å². The lowest BCUT2D eigenvalue weighted by molar-refractivity contribution is -0.122. The van der Waals surface area contributed by atoms with Crippen molar-refractivity contribution < 1.29 is 4.79 Å². The Morgan fingerprint density at radius 3 is 2.45 bits per heavy atom. The van der Waals surface area contributed by atoms with Gasteiger partial charge in [0, 0.05) is 12.1 Å². The van der Waals surface area contributed by atoms with Crippen LogP contribution < -0.4 is 11.1 Å². The molecule has 3 heteroatoms. The second-order valence-electron chi connectivity index (χ2n) is 5.99. The summed E-state index contributed by atoms with van der Waals surface area (Å²) >= 11 is 0. The van der Waals surface area contributed by atoms with Gasteiger partial charge in [0.25, 0.3) is 0 Å². The first-order valence-corrected chi connectivity index (χ1v) is 7.92. The second kappa shape index (κ2) is 6.65. The number of rotatable bonds is 6. The third-order valence-corrected chi connectivity index (χ3v) is 4.25. The van der Waals surface area contributed by atoms with Crippen LogP contribution in [0, 0.1) is 5.92 Å². The number of hydrogen-bond donors (Lipinski definition) is 2. The average molecular weight is 294 g/mol. The van der Waals surface area contributed by atoms with Gasteiger partial charge in [0.2, 0.25) is 5.91 Å². The van der Waals surface area contributed by atoms with Crippen molar-refractivity contribution in [3.63, 3.8) is 0 Å². The van der Waals surface area contributed by atoms with E-state index in [2.05, 4.69) is 17.4 Å². The molecular formula is C19H22N2O. The number of para-hydroxylation sites is 1. The van der Waals surface area contributed by atoms with Gasteiger partial charge in [-0.2, -0.15) is 0 Å². The average Bonchev–Trinajstić information content (AvgIpc) is 3.37. The highest BCUT2D eigenvalue weighted by Crippen LogP contribution is 2.40. The van der Waals surface area contributed by atoms with Crippen LogP contribution in [0.1, 0.15) is 36.4 Å². The lowest BCUT2D eigenvalue weighted by Gasteiger charge is -2.19. The van der Waals surface area contributed by atoms with E-state index in [1.54, 1.807) is 0 Å². The van der Waals surface area contributed by atoms with E-state index in [9.17, 15) is 4.79 Å². The number of benzene rings is 2. The molecule has 1 fully saturated rings. The number of aryl methyl sites for hydroxylation is 1. The number of nitrogens with one attached hydrogen (secondary N) is 1. The number of anilines is 1. The predicted octanol–water partition coefficient (Wildman–Crippen LogP) is 3.47. The molecule has 0 saturated heterocycles. The fourth-order valence-electron chi connectivity index (χ4n) is 2.82. The van der Waals surface area contributed by atoms with Crippen LogP contribution in [0.5, 0.6) is 0 Å². The molecule has 1 unspecified atom stereocenters. The third kappa shape index (κ3) is 3.67. The molecule has 1 amide bonds. The van der Waals surface area contributed by atoms with E-state index < -0.39 is 0 Å². The molecule has 3 N–H and O–H groups in total. The molecular weight excluding hydrogens is 272 g/mol. The van der Waals surface area contributed by atoms with E-state index in [1.807, 2.05) is 42.5 Å². The van der Waals surface area contributed by atoms with Gasteiger partial charge >= 0.3 is 0 Å². The van der Waals surface area contributed by atoms with Gasteiger partial charge < -0.3 is 11.1 Å². The van der Waals surface area contributed by atoms with Gasteiger partial charge in [0.1, 0.15) is 0 Å². The molecule has 114 valence electrons. The molecule has 1 saturated carbocycles. The standard InChI is InChI=1S/C19H22N2O/c20-17-9-5-4-6-14(17)12-13-18(22)21-19(16-10-11-16)15-7-2-1-3-8-15/h1-9,16,19H,10-13,20H2,(H,21,22). The normalized spacial score (nSPS) is 15.3. The molecule has 0 aromatic heterocycles. The maximum atomic E-state index is 12.3. The van der Waals surface area contributed by atoms with Gasteiger partial charge in [-0.3, -0.25) is 4.79 Å². The number of nitrogen functional groups attached to an aromatic ring is 1. The lowest BCUT2D eigenvalue weighted by Crippen LogP contribution is -2.30. The fraction of sp³-hybridized carbons (Fsp3) is 0.316. The number of amides is 1. The van der Waals surface area contributed by atoms with Gasteiger partial charge in [0.05, 0.1) is 6.04 Å². The topological polar surface area (TPSA) is 55.1 Å². The lowest BCUT2D eigenvalue weighted by atomic mass is 10.0. The summed E-state index contributed by atoms with van der Waals surface area (Å²) in [6.45, 7) is 0. The fourth-order valence-corrected chi connectivity index (χ4v) is 2.82. The van der Waals surface area contributed by atoms with Crippen molar-refractivity contribution in [2.75, 3.05) is 5.73 Å². The number of carbonyl (C=O) groups excluding carboxylic acids is 1. The Morgan fingerprint density at radius 2 is 1.77 bits per heavy atom. The molecule has 2 aromatic carbocycles. The first kappa shape index (κ1) is 14.6. The van der Waals surface area contributed by atoms with Crippen LogP contribution in [0.4, 0.5) is 5.69 Å². The highest BCUT2D eigenvalue weighted by atomic mass is 16.1. The van der Waals surface area contributed by atoms with Crippen molar-refractivity contribution in [3.8, 4) is 0 Å². The molecule has 1 aliphatic rings. The maximum Gasteiger partial charge on any atom is 0.220 e. The Morgan fingerprint density at radius 1 is 1.09 bits per heavy atom. The van der Waals surface area contributed by atoms with Crippen molar-refractivity contribution in [1.29, 1.82) is 0 Å². The second-order valence-corrected chi connectivity index (χ2v) is 5.99. The van der Waals surface area contributed by atoms with Gasteiger partial charge in [-0.05, 0) is 42.4 Å². The predicted molar refractivity (Wildman–Crippen MR) is 89.2 cm³/mol. The van der Waals surface area contributed by atoms with Gasteiger partial charge in [-0.1, -0.05) is 48.5 Å². The highest BCUT2D eigenvalue weighted by molar-refractivity contribution is 5.77. The Kier molecular flexibility index (Phi) is 4.42. The third-order valence-electron chi connectivity index (χ3n) is 4.25. The molecule has 2 aromatic rings. The van der Waals surface area contributed by atoms with Crippen LogP contribution in [0.2, 0.25) is 0 Å². The van der Waals surface area contributed by atoms with Crippen LogP contribution in [0.3, 0.4) is 0 Å². The van der Waals surface area contributed by atoms with Crippen molar-refractivity contribution in [2.45, 2.75) is 31.7 Å². The summed E-state index contributed by atoms with van der Waals surface area (Å²) < 4.78 is 0. The molecule has 3 rings (SSSR count). The molecule has 1 aliphatic carbocycles. The zero-order chi connectivity index (χ0) is 15.4. The first-order chi connectivity index (χ1) is 10.7. The molecule has 22 heavy (non-hydrogen) atoms. The number of nitrogens with two attached hydrogens (primary N) is 1. The SMILES string of the molecule is Nc1ccccc1CCC(=O)NC(c1ccccc1)C1CC1. The minimum Gasteiger partial charge on any atom is -0.399 e. The Hall–Kier alpha value is -2.29. The zero-order valence-corrected chi connectivity index (χ0v) is 12.7. The van der Waals surface area contributed by atoms with Crippen LogP contribution in [-0.4, -0.2) is 5.91 Å². The minimum absolute atomic E-state index is 0.101. The largest absolute Gasteiger partial charge is 0.399 e. The summed E-state index contributed by atoms with van der Waals surface area (Å²) in [5.74, 6) is 0.692. The summed E-state index contributed by atoms with van der Waals surface area (Å²) in [6, 6.07) is 18.1. The van der Waals surface area contributed by atoms with E-state index in [-0.39, 0.29) is 11.9 Å². The molecule has 3 nitrogen and oxygen atoms in total. The summed E-state index contributed by atoms with van der Waals surface area (Å²) in [4.78, 5) is 12.3. The van der Waals surface area contributed by atoms with E-state index in [1.165, 1.54) is 18.4 Å². The molecule has 0 spiro atoms. The van der Waals surface area contributed by atoms with E-state index in [0.717, 1.165) is 11.3 Å². The van der Waals surface area contributed by atoms with Gasteiger partial charge in [0.15, 0.2) is 0 Å². The number of carbonyl (C=O) groups is 1. The summed E-state index contributed by atoms with van der Waals surface area (Å²) in [6.07, 6.45) is 3.56. The van der Waals surface area contributed by atoms with Crippen molar-refractivity contribution in [1.82, 2.24) is 5.32 Å². The molecule has 0 radical (unpaired) electrons. The Balaban J connectivity index is 1.59. The quantitative estimate of drug-likeness (QED) is 0.802. The van der Waals surface area contributed by atoms with Gasteiger partial charge in [-0.25, -0.2) is 0 Å². The smallest absolute Gasteiger partial charge is 0.220 e. The minimum atomic E-state index is 0.101. The highest BCUT2D eigenvalue weighted by Gasteiger charge is 2.33. The van der Waals surface area contributed by atoms with Crippen LogP contribution in [0.25, 0.3) is 0 Å². The summed E-state index contributed by atoms with van der Waals surface area (Å²) in [7, 11) is 0. The van der Waals surface area contributed by atoms with E-state index >= 15 is 0 Å². The Bertz CT molecular complexity index is 635. The van der Waals surface area contributed by atoms with Crippen molar-refractivity contribution in [2.24, 2.45) is 5.92 Å². The van der Waals surface area contributed by atoms with Crippen LogP contribution in [-0.2, 0) is 11.2 Å². The molecule has 0 aliphatic heterocycles. The first-order valence-electron chi connectivity index (χ1n) is 7.92. The maximum absolute atomic E-state index is 12.3. The summed E-state index contributed by atoms with van der Waals surface area (Å²) in [5.41, 5.74) is 8.93. The summed E-state index contributed by atoms with van der Waals surface area (Å²) in [5, 5.41) is 3.21. The van der Waals surface area contributed by atoms with E-state index in [0.29, 0.717) is 18.8 Å². The van der Waals surface area contributed by atoms with Gasteiger partial charge in [-0.15, -0.1) is 0 Å². The zero-order valence-electron chi connectivity index (χ0n) is 12.7. The molecule has 0 heterocycles. The molecule has 1 atom stereocenters. The van der Waals surface area contributed by atoms with Crippen molar-refractivity contribution in [3.05, 3.63) is 65.7 Å². The number of hydrogen-bond acceptors (Lipinski definition) is 2. The van der Waals surface area contributed by atoms with E-state index in [4.69, 9.17) is 5.73 Å². The van der Waals surface area contributed by atoms with Crippen LogP contribution >= 0.6 is 0 Å². The molecule has 0 bridgehead atoms. The van der Waals surface area contributed by atoms with Crippen LogP contribution in [0.15, 0.2) is 54.6 Å². The monoisotopic (exact) mass is 294 g/mol.